The van der Waals surface area contributed by atoms with Crippen LogP contribution in [0.2, 0.25) is 5.02 Å². The Morgan fingerprint density at radius 2 is 1.68 bits per heavy atom. The van der Waals surface area contributed by atoms with Crippen molar-refractivity contribution in [3.63, 3.8) is 0 Å². The zero-order valence-electron chi connectivity index (χ0n) is 35.1. The molecule has 3 aliphatic heterocycles. The van der Waals surface area contributed by atoms with Gasteiger partial charge in [0.2, 0.25) is 27.8 Å². The smallest absolute Gasteiger partial charge is 0.264 e. The van der Waals surface area contributed by atoms with Gasteiger partial charge in [-0.3, -0.25) is 38.9 Å². The van der Waals surface area contributed by atoms with Crippen LogP contribution in [0.3, 0.4) is 0 Å². The van der Waals surface area contributed by atoms with Crippen LogP contribution in [0.15, 0.2) is 60.8 Å². The lowest BCUT2D eigenvalue weighted by Crippen LogP contribution is -2.54. The summed E-state index contributed by atoms with van der Waals surface area (Å²) >= 11 is 6.30. The summed E-state index contributed by atoms with van der Waals surface area (Å²) in [5, 5.41) is 14.8. The minimum Gasteiger partial charge on any atom is -0.384 e. The molecule has 2 saturated heterocycles. The van der Waals surface area contributed by atoms with Crippen molar-refractivity contribution in [1.82, 2.24) is 30.4 Å². The van der Waals surface area contributed by atoms with Gasteiger partial charge in [-0.2, -0.15) is 4.98 Å². The number of piperidine rings is 2. The molecule has 1 aromatic heterocycles. The molecule has 1 atom stereocenters. The molecular weight excluding hydrogens is 855 g/mol. The Balaban J connectivity index is 0.870. The monoisotopic (exact) mass is 902 g/mol. The van der Waals surface area contributed by atoms with Crippen LogP contribution < -0.4 is 31.3 Å². The second kappa shape index (κ2) is 18.3. The Bertz CT molecular complexity index is 2600. The fourth-order valence-electron chi connectivity index (χ4n) is 7.40. The zero-order chi connectivity index (χ0) is 45.2. The molecule has 3 aromatic carbocycles. The summed E-state index contributed by atoms with van der Waals surface area (Å²) < 4.78 is 42.3. The molecule has 3 aliphatic rings. The van der Waals surface area contributed by atoms with Crippen LogP contribution in [0.5, 0.6) is 0 Å². The molecule has 332 valence electrons. The zero-order valence-corrected chi connectivity index (χ0v) is 36.7. The number of hydrogen-bond acceptors (Lipinski definition) is 13. The van der Waals surface area contributed by atoms with Crippen molar-refractivity contribution in [1.29, 1.82) is 0 Å². The van der Waals surface area contributed by atoms with E-state index in [4.69, 9.17) is 11.6 Å². The standard InChI is InChI=1S/C43H48ClFN10O7S/c1-24-23-47-42(52-37(24)48-27-10-12-30(44)33(22-27)53-63(61,62)43(2,3)4)50-26-9-11-28(31(45)21-26)38(57)49-25-15-19-54(20-16-25)18-6-17-46-32-8-5-7-29-36(32)41(60)55(40(29)59)34-13-14-35(56)51-39(34)58/h5,7-12,21-23,25,34,46,53H,6,13-20H2,1-4H3,(H,49,57)(H,51,56,58)(H2,47,48,50,52). The molecule has 4 heterocycles. The van der Waals surface area contributed by atoms with Gasteiger partial charge < -0.3 is 26.2 Å². The van der Waals surface area contributed by atoms with Crippen LogP contribution in [-0.4, -0.2) is 101 Å². The molecule has 0 aliphatic carbocycles. The molecule has 4 aromatic rings. The van der Waals surface area contributed by atoms with E-state index in [2.05, 4.69) is 46.2 Å². The van der Waals surface area contributed by atoms with Gasteiger partial charge >= 0.3 is 0 Å². The number of nitrogens with one attached hydrogen (secondary N) is 6. The Labute approximate surface area is 369 Å². The molecule has 20 heteroatoms. The van der Waals surface area contributed by atoms with Gasteiger partial charge in [0.15, 0.2) is 0 Å². The number of sulfonamides is 1. The summed E-state index contributed by atoms with van der Waals surface area (Å²) in [6, 6.07) is 12.7. The number of aromatic nitrogens is 2. The SMILES string of the molecule is Cc1cnc(Nc2ccc(C(=O)NC3CCN(CCCNc4cccc5c4C(=O)N(C4CCC(=O)NC4=O)C5=O)CC3)c(F)c2)nc1Nc1ccc(Cl)c(NS(=O)(=O)C(C)(C)C)c1. The minimum absolute atomic E-state index is 0.0456. The molecule has 2 fully saturated rings. The summed E-state index contributed by atoms with van der Waals surface area (Å²) in [5.41, 5.74) is 2.53. The van der Waals surface area contributed by atoms with Crippen molar-refractivity contribution in [3.05, 3.63) is 93.9 Å². The third-order valence-electron chi connectivity index (χ3n) is 11.1. The van der Waals surface area contributed by atoms with Crippen LogP contribution in [-0.2, 0) is 19.6 Å². The van der Waals surface area contributed by atoms with Crippen molar-refractivity contribution in [2.75, 3.05) is 46.9 Å². The predicted molar refractivity (Wildman–Crippen MR) is 237 cm³/mol. The third kappa shape index (κ3) is 10.1. The fourth-order valence-corrected chi connectivity index (χ4v) is 8.39. The van der Waals surface area contributed by atoms with Gasteiger partial charge in [-0.05, 0) is 108 Å². The van der Waals surface area contributed by atoms with E-state index in [9.17, 15) is 32.4 Å². The maximum Gasteiger partial charge on any atom is 0.264 e. The lowest BCUT2D eigenvalue weighted by atomic mass is 10.0. The number of likely N-dealkylation sites (tertiary alicyclic amines) is 1. The number of rotatable bonds is 14. The number of carbonyl (C=O) groups excluding carboxylic acids is 5. The first-order chi connectivity index (χ1) is 29.9. The van der Waals surface area contributed by atoms with Gasteiger partial charge in [-0.15, -0.1) is 0 Å². The van der Waals surface area contributed by atoms with Crippen molar-refractivity contribution in [2.24, 2.45) is 0 Å². The Hall–Kier alpha value is -6.18. The van der Waals surface area contributed by atoms with E-state index in [-0.39, 0.29) is 52.2 Å². The average Bonchev–Trinajstić information content (AvgIpc) is 3.48. The highest BCUT2D eigenvalue weighted by Gasteiger charge is 2.45. The van der Waals surface area contributed by atoms with Gasteiger partial charge in [0.1, 0.15) is 17.7 Å². The fraction of sp³-hybridized carbons (Fsp3) is 0.372. The highest BCUT2D eigenvalue weighted by molar-refractivity contribution is 7.94. The predicted octanol–water partition coefficient (Wildman–Crippen LogP) is 5.70. The molecule has 5 amide bonds. The number of amides is 5. The topological polar surface area (TPSA) is 224 Å². The maximum atomic E-state index is 15.4. The van der Waals surface area contributed by atoms with Crippen LogP contribution >= 0.6 is 11.6 Å². The van der Waals surface area contributed by atoms with E-state index < -0.39 is 56.2 Å². The first-order valence-electron chi connectivity index (χ1n) is 20.5. The molecule has 17 nitrogen and oxygen atoms in total. The number of imide groups is 2. The van der Waals surface area contributed by atoms with Crippen LogP contribution in [0.25, 0.3) is 0 Å². The summed E-state index contributed by atoms with van der Waals surface area (Å²) in [7, 11) is -3.74. The Kier molecular flexibility index (Phi) is 13.0. The largest absolute Gasteiger partial charge is 0.384 e. The summed E-state index contributed by atoms with van der Waals surface area (Å²) in [6.07, 6.45) is 3.77. The number of hydrogen-bond donors (Lipinski definition) is 6. The second-order valence-electron chi connectivity index (χ2n) is 16.6. The molecule has 63 heavy (non-hydrogen) atoms. The van der Waals surface area contributed by atoms with E-state index in [0.717, 1.165) is 17.9 Å². The molecule has 1 unspecified atom stereocenters. The van der Waals surface area contributed by atoms with E-state index >= 15 is 4.39 Å². The number of nitrogens with zero attached hydrogens (tertiary/aromatic N) is 4. The molecule has 0 bridgehead atoms. The second-order valence-corrected chi connectivity index (χ2v) is 19.5. The number of carbonyl (C=O) groups is 5. The molecule has 6 N–H and O–H groups in total. The van der Waals surface area contributed by atoms with E-state index in [1.54, 1.807) is 76.4 Å². The van der Waals surface area contributed by atoms with E-state index in [1.807, 2.05) is 0 Å². The molecule has 0 saturated carbocycles. The molecule has 7 rings (SSSR count). The van der Waals surface area contributed by atoms with Crippen molar-refractivity contribution < 1.29 is 36.8 Å². The van der Waals surface area contributed by atoms with Crippen molar-refractivity contribution in [3.8, 4) is 0 Å². The highest BCUT2D eigenvalue weighted by Crippen LogP contribution is 2.33. The number of fused-ring (bicyclic) bond motifs is 1. The number of benzene rings is 3. The first kappa shape index (κ1) is 44.9. The lowest BCUT2D eigenvalue weighted by Gasteiger charge is -2.32. The Morgan fingerprint density at radius 3 is 2.40 bits per heavy atom. The Morgan fingerprint density at radius 1 is 0.952 bits per heavy atom. The van der Waals surface area contributed by atoms with E-state index in [1.165, 1.54) is 12.1 Å². The average molecular weight is 903 g/mol. The molecule has 0 spiro atoms. The quantitative estimate of drug-likeness (QED) is 0.0661. The molecule has 0 radical (unpaired) electrons. The van der Waals surface area contributed by atoms with Gasteiger partial charge in [0.05, 0.1) is 32.1 Å². The summed E-state index contributed by atoms with van der Waals surface area (Å²) in [6.45, 7) is 9.21. The summed E-state index contributed by atoms with van der Waals surface area (Å²) in [5.74, 6) is -2.90. The maximum absolute atomic E-state index is 15.4. The van der Waals surface area contributed by atoms with Crippen molar-refractivity contribution >= 4 is 85.7 Å². The van der Waals surface area contributed by atoms with Crippen LogP contribution in [0.1, 0.15) is 89.5 Å². The van der Waals surface area contributed by atoms with Gasteiger partial charge in [-0.25, -0.2) is 17.8 Å². The highest BCUT2D eigenvalue weighted by atomic mass is 35.5. The van der Waals surface area contributed by atoms with Gasteiger partial charge in [0.25, 0.3) is 17.7 Å². The molecular formula is C43H48ClFN10O7S. The van der Waals surface area contributed by atoms with Crippen LogP contribution in [0.4, 0.5) is 38.9 Å². The number of anilines is 6. The third-order valence-corrected chi connectivity index (χ3v) is 13.5. The summed E-state index contributed by atoms with van der Waals surface area (Å²) in [4.78, 5) is 75.8. The van der Waals surface area contributed by atoms with Crippen molar-refractivity contribution in [2.45, 2.75) is 76.6 Å². The number of halogens is 2. The lowest BCUT2D eigenvalue weighted by molar-refractivity contribution is -0.136. The van der Waals surface area contributed by atoms with Crippen LogP contribution in [0, 0.1) is 12.7 Å². The minimum atomic E-state index is -3.74. The van der Waals surface area contributed by atoms with Gasteiger partial charge in [-0.1, -0.05) is 17.7 Å². The van der Waals surface area contributed by atoms with Gasteiger partial charge in [0, 0.05) is 60.9 Å². The number of aryl methyl sites for hydroxylation is 1. The van der Waals surface area contributed by atoms with E-state index in [0.29, 0.717) is 60.9 Å². The normalized spacial score (nSPS) is 17.3. The first-order valence-corrected chi connectivity index (χ1v) is 22.4.